The average Bonchev–Trinajstić information content (AvgIpc) is 3.25. The maximum atomic E-state index is 12.5. The second-order valence-corrected chi connectivity index (χ2v) is 6.57. The third-order valence-electron chi connectivity index (χ3n) is 4.57. The maximum Gasteiger partial charge on any atom is 0.251 e. The van der Waals surface area contributed by atoms with Gasteiger partial charge in [0.15, 0.2) is 0 Å². The number of carbonyl (C=O) groups is 1. The number of nitrogens with one attached hydrogen (secondary N) is 1. The molecule has 1 heterocycles. The first-order valence-corrected chi connectivity index (χ1v) is 9.62. The largest absolute Gasteiger partial charge is 0.497 e. The summed E-state index contributed by atoms with van der Waals surface area (Å²) in [4.78, 5) is 12.5. The van der Waals surface area contributed by atoms with Gasteiger partial charge in [-0.05, 0) is 50.1 Å². The molecule has 2 aromatic carbocycles. The minimum absolute atomic E-state index is 0.113. The first-order valence-electron chi connectivity index (χ1n) is 9.62. The van der Waals surface area contributed by atoms with E-state index in [1.54, 1.807) is 13.2 Å². The average molecular weight is 385 g/mol. The molecule has 150 valence electrons. The number of methoxy groups -OCH3 is 1. The molecule has 6 nitrogen and oxygen atoms in total. The molecule has 0 aromatic heterocycles. The summed E-state index contributed by atoms with van der Waals surface area (Å²) in [7, 11) is 1.62. The SMILES string of the molecule is CCOc1ccc(C(=O)NC[C@@H]2CCCO2)cc1COc1cccc(OC)c1. The van der Waals surface area contributed by atoms with Crippen LogP contribution in [-0.2, 0) is 11.3 Å². The highest BCUT2D eigenvalue weighted by Crippen LogP contribution is 2.25. The quantitative estimate of drug-likeness (QED) is 0.715. The highest BCUT2D eigenvalue weighted by molar-refractivity contribution is 5.94. The van der Waals surface area contributed by atoms with E-state index >= 15 is 0 Å². The van der Waals surface area contributed by atoms with E-state index in [0.717, 1.165) is 30.8 Å². The standard InChI is InChI=1S/C22H27NO5/c1-3-26-21-10-9-16(22(24)23-14-20-8-5-11-27-20)12-17(21)15-28-19-7-4-6-18(13-19)25-2/h4,6-7,9-10,12-13,20H,3,5,8,11,14-15H2,1-2H3,(H,23,24)/t20-/m0/s1. The molecule has 0 aliphatic carbocycles. The Kier molecular flexibility index (Phi) is 7.14. The molecule has 1 fully saturated rings. The molecular weight excluding hydrogens is 358 g/mol. The van der Waals surface area contributed by atoms with Crippen LogP contribution < -0.4 is 19.5 Å². The molecule has 0 unspecified atom stereocenters. The molecule has 0 bridgehead atoms. The molecule has 0 saturated carbocycles. The Morgan fingerprint density at radius 2 is 2.04 bits per heavy atom. The number of hydrogen-bond donors (Lipinski definition) is 1. The highest BCUT2D eigenvalue weighted by Gasteiger charge is 2.17. The van der Waals surface area contributed by atoms with Crippen LogP contribution in [0.1, 0.15) is 35.7 Å². The van der Waals surface area contributed by atoms with E-state index in [4.69, 9.17) is 18.9 Å². The third kappa shape index (κ3) is 5.39. The van der Waals surface area contributed by atoms with Gasteiger partial charge >= 0.3 is 0 Å². The first kappa shape index (κ1) is 20.0. The second-order valence-electron chi connectivity index (χ2n) is 6.57. The zero-order valence-corrected chi connectivity index (χ0v) is 16.4. The lowest BCUT2D eigenvalue weighted by molar-refractivity contribution is 0.0857. The van der Waals surface area contributed by atoms with Crippen molar-refractivity contribution < 1.29 is 23.7 Å². The van der Waals surface area contributed by atoms with Crippen LogP contribution in [0.3, 0.4) is 0 Å². The van der Waals surface area contributed by atoms with E-state index in [0.29, 0.717) is 30.2 Å². The molecule has 1 saturated heterocycles. The minimum atomic E-state index is -0.124. The first-order chi connectivity index (χ1) is 13.7. The van der Waals surface area contributed by atoms with Gasteiger partial charge in [-0.3, -0.25) is 4.79 Å². The number of benzene rings is 2. The van der Waals surface area contributed by atoms with Crippen molar-refractivity contribution in [3.63, 3.8) is 0 Å². The molecule has 1 aliphatic rings. The van der Waals surface area contributed by atoms with E-state index in [1.165, 1.54) is 0 Å². The molecular formula is C22H27NO5. The molecule has 1 amide bonds. The van der Waals surface area contributed by atoms with Crippen LogP contribution in [0.15, 0.2) is 42.5 Å². The zero-order valence-electron chi connectivity index (χ0n) is 16.4. The van der Waals surface area contributed by atoms with Crippen LogP contribution in [-0.4, -0.2) is 38.9 Å². The third-order valence-corrected chi connectivity index (χ3v) is 4.57. The van der Waals surface area contributed by atoms with Gasteiger partial charge < -0.3 is 24.3 Å². The predicted molar refractivity (Wildman–Crippen MR) is 106 cm³/mol. The monoisotopic (exact) mass is 385 g/mol. The minimum Gasteiger partial charge on any atom is -0.497 e. The normalized spacial score (nSPS) is 15.9. The van der Waals surface area contributed by atoms with E-state index in [2.05, 4.69) is 5.32 Å². The van der Waals surface area contributed by atoms with Crippen molar-refractivity contribution >= 4 is 5.91 Å². The number of rotatable bonds is 9. The highest BCUT2D eigenvalue weighted by atomic mass is 16.5. The second kappa shape index (κ2) is 9.99. The van der Waals surface area contributed by atoms with Crippen LogP contribution in [0.4, 0.5) is 0 Å². The smallest absolute Gasteiger partial charge is 0.251 e. The van der Waals surface area contributed by atoms with Gasteiger partial charge in [-0.25, -0.2) is 0 Å². The molecule has 3 rings (SSSR count). The van der Waals surface area contributed by atoms with Crippen LogP contribution in [0, 0.1) is 0 Å². The number of carbonyl (C=O) groups excluding carboxylic acids is 1. The van der Waals surface area contributed by atoms with Gasteiger partial charge in [-0.1, -0.05) is 6.07 Å². The Morgan fingerprint density at radius 1 is 1.18 bits per heavy atom. The summed E-state index contributed by atoms with van der Waals surface area (Å²) < 4.78 is 22.4. The van der Waals surface area contributed by atoms with Crippen LogP contribution in [0.5, 0.6) is 17.2 Å². The lowest BCUT2D eigenvalue weighted by Crippen LogP contribution is -2.31. The molecule has 1 aliphatic heterocycles. The van der Waals surface area contributed by atoms with Gasteiger partial charge in [0.25, 0.3) is 5.91 Å². The van der Waals surface area contributed by atoms with Crippen LogP contribution >= 0.6 is 0 Å². The number of hydrogen-bond acceptors (Lipinski definition) is 5. The van der Waals surface area contributed by atoms with E-state index in [1.807, 2.05) is 43.3 Å². The van der Waals surface area contributed by atoms with E-state index < -0.39 is 0 Å². The van der Waals surface area contributed by atoms with Crippen LogP contribution in [0.2, 0.25) is 0 Å². The number of ether oxygens (including phenoxy) is 4. The van der Waals surface area contributed by atoms with E-state index in [9.17, 15) is 4.79 Å². The Morgan fingerprint density at radius 3 is 2.79 bits per heavy atom. The summed E-state index contributed by atoms with van der Waals surface area (Å²) in [5, 5.41) is 2.95. The summed E-state index contributed by atoms with van der Waals surface area (Å²) in [6, 6.07) is 12.8. The van der Waals surface area contributed by atoms with Gasteiger partial charge in [0, 0.05) is 30.3 Å². The van der Waals surface area contributed by atoms with Crippen molar-refractivity contribution in [1.29, 1.82) is 0 Å². The fourth-order valence-corrected chi connectivity index (χ4v) is 3.10. The van der Waals surface area contributed by atoms with Gasteiger partial charge in [-0.2, -0.15) is 0 Å². The Labute approximate surface area is 165 Å². The fraction of sp³-hybridized carbons (Fsp3) is 0.409. The molecule has 0 radical (unpaired) electrons. The Bertz CT molecular complexity index is 786. The topological polar surface area (TPSA) is 66.0 Å². The van der Waals surface area contributed by atoms with Gasteiger partial charge in [0.1, 0.15) is 23.9 Å². The van der Waals surface area contributed by atoms with Crippen molar-refractivity contribution in [2.45, 2.75) is 32.5 Å². The fourth-order valence-electron chi connectivity index (χ4n) is 3.10. The predicted octanol–water partition coefficient (Wildman–Crippen LogP) is 3.58. The van der Waals surface area contributed by atoms with E-state index in [-0.39, 0.29) is 18.6 Å². The summed E-state index contributed by atoms with van der Waals surface area (Å²) in [5.41, 5.74) is 1.39. The summed E-state index contributed by atoms with van der Waals surface area (Å²) in [6.07, 6.45) is 2.15. The van der Waals surface area contributed by atoms with Crippen molar-refractivity contribution in [2.75, 3.05) is 26.9 Å². The zero-order chi connectivity index (χ0) is 19.8. The van der Waals surface area contributed by atoms with Gasteiger partial charge in [0.05, 0.1) is 19.8 Å². The molecule has 2 aromatic rings. The van der Waals surface area contributed by atoms with Gasteiger partial charge in [0.2, 0.25) is 0 Å². The summed E-state index contributed by atoms with van der Waals surface area (Å²) >= 11 is 0. The van der Waals surface area contributed by atoms with Crippen molar-refractivity contribution in [1.82, 2.24) is 5.32 Å². The van der Waals surface area contributed by atoms with Crippen molar-refractivity contribution in [3.8, 4) is 17.2 Å². The summed E-state index contributed by atoms with van der Waals surface area (Å²) in [6.45, 7) is 4.05. The molecule has 1 atom stereocenters. The number of amides is 1. The van der Waals surface area contributed by atoms with Gasteiger partial charge in [-0.15, -0.1) is 0 Å². The van der Waals surface area contributed by atoms with Crippen molar-refractivity contribution in [2.24, 2.45) is 0 Å². The lowest BCUT2D eigenvalue weighted by atomic mass is 10.1. The molecule has 28 heavy (non-hydrogen) atoms. The Hall–Kier alpha value is -2.73. The maximum absolute atomic E-state index is 12.5. The lowest BCUT2D eigenvalue weighted by Gasteiger charge is -2.15. The molecule has 6 heteroatoms. The molecule has 1 N–H and O–H groups in total. The summed E-state index contributed by atoms with van der Waals surface area (Å²) in [5.74, 6) is 2.00. The van der Waals surface area contributed by atoms with Crippen molar-refractivity contribution in [3.05, 3.63) is 53.6 Å². The van der Waals surface area contributed by atoms with Crippen LogP contribution in [0.25, 0.3) is 0 Å². The Balaban J connectivity index is 1.68. The molecule has 0 spiro atoms.